The van der Waals surface area contributed by atoms with Crippen LogP contribution in [0.1, 0.15) is 5.56 Å². The Morgan fingerprint density at radius 3 is 2.76 bits per heavy atom. The van der Waals surface area contributed by atoms with Gasteiger partial charge in [0.25, 0.3) is 0 Å². The maximum absolute atomic E-state index is 6.06. The lowest BCUT2D eigenvalue weighted by Gasteiger charge is -2.21. The van der Waals surface area contributed by atoms with Gasteiger partial charge in [-0.05, 0) is 36.1 Å². The minimum absolute atomic E-state index is 0.473. The van der Waals surface area contributed by atoms with Crippen LogP contribution in [0.15, 0.2) is 35.4 Å². The van der Waals surface area contributed by atoms with Crippen LogP contribution in [-0.4, -0.2) is 24.5 Å². The van der Waals surface area contributed by atoms with E-state index in [-0.39, 0.29) is 0 Å². The molecule has 0 saturated heterocycles. The lowest BCUT2D eigenvalue weighted by atomic mass is 10.2. The average molecular weight is 323 g/mol. The standard InChI is InChI=1S/C15H15ClN2O2S/c1-21-14-8-13-12(19-5-6-20-13)7-10(14)9-18-11-3-2-4-17-15(11)16/h2-4,7-8,18H,5-6,9H2,1H3. The van der Waals surface area contributed by atoms with Gasteiger partial charge in [-0.3, -0.25) is 0 Å². The van der Waals surface area contributed by atoms with Crippen LogP contribution in [0.3, 0.4) is 0 Å². The molecule has 2 heterocycles. The van der Waals surface area contributed by atoms with E-state index in [1.807, 2.05) is 30.5 Å². The van der Waals surface area contributed by atoms with Crippen molar-refractivity contribution in [2.24, 2.45) is 0 Å². The monoisotopic (exact) mass is 322 g/mol. The fraction of sp³-hybridized carbons (Fsp3) is 0.267. The van der Waals surface area contributed by atoms with Gasteiger partial charge >= 0.3 is 0 Å². The molecule has 0 fully saturated rings. The molecule has 110 valence electrons. The number of pyridine rings is 1. The topological polar surface area (TPSA) is 43.4 Å². The van der Waals surface area contributed by atoms with Gasteiger partial charge in [-0.2, -0.15) is 0 Å². The predicted molar refractivity (Wildman–Crippen MR) is 85.8 cm³/mol. The molecule has 0 amide bonds. The lowest BCUT2D eigenvalue weighted by Crippen LogP contribution is -2.16. The van der Waals surface area contributed by atoms with Crippen molar-refractivity contribution in [1.29, 1.82) is 0 Å². The summed E-state index contributed by atoms with van der Waals surface area (Å²) >= 11 is 7.74. The van der Waals surface area contributed by atoms with Crippen LogP contribution < -0.4 is 14.8 Å². The molecule has 0 bridgehead atoms. The Hall–Kier alpha value is -1.59. The molecule has 4 nitrogen and oxygen atoms in total. The van der Waals surface area contributed by atoms with E-state index in [4.69, 9.17) is 21.1 Å². The van der Waals surface area contributed by atoms with E-state index < -0.39 is 0 Å². The number of hydrogen-bond acceptors (Lipinski definition) is 5. The Morgan fingerprint density at radius 2 is 2.05 bits per heavy atom. The minimum Gasteiger partial charge on any atom is -0.486 e. The molecule has 1 aromatic heterocycles. The van der Waals surface area contributed by atoms with Crippen LogP contribution in [0.4, 0.5) is 5.69 Å². The van der Waals surface area contributed by atoms with E-state index in [0.717, 1.165) is 27.6 Å². The number of fused-ring (bicyclic) bond motifs is 1. The highest BCUT2D eigenvalue weighted by molar-refractivity contribution is 7.98. The Bertz CT molecular complexity index is 652. The summed E-state index contributed by atoms with van der Waals surface area (Å²) in [6, 6.07) is 7.82. The van der Waals surface area contributed by atoms with E-state index in [1.165, 1.54) is 0 Å². The van der Waals surface area contributed by atoms with Crippen LogP contribution >= 0.6 is 23.4 Å². The molecule has 0 saturated carbocycles. The molecule has 2 aromatic rings. The summed E-state index contributed by atoms with van der Waals surface area (Å²) in [5.41, 5.74) is 1.97. The number of nitrogens with one attached hydrogen (secondary N) is 1. The molecule has 1 N–H and O–H groups in total. The van der Waals surface area contributed by atoms with Crippen molar-refractivity contribution in [1.82, 2.24) is 4.98 Å². The van der Waals surface area contributed by atoms with Crippen LogP contribution in [0.25, 0.3) is 0 Å². The molecular formula is C15H15ClN2O2S. The second-order valence-corrected chi connectivity index (χ2v) is 5.71. The molecule has 1 aromatic carbocycles. The second kappa shape index (κ2) is 6.45. The number of halogens is 1. The van der Waals surface area contributed by atoms with Crippen molar-refractivity contribution < 1.29 is 9.47 Å². The summed E-state index contributed by atoms with van der Waals surface area (Å²) < 4.78 is 11.3. The summed E-state index contributed by atoms with van der Waals surface area (Å²) in [6.07, 6.45) is 3.72. The molecule has 21 heavy (non-hydrogen) atoms. The second-order valence-electron chi connectivity index (χ2n) is 4.50. The van der Waals surface area contributed by atoms with E-state index >= 15 is 0 Å². The maximum Gasteiger partial charge on any atom is 0.162 e. The van der Waals surface area contributed by atoms with Crippen molar-refractivity contribution in [3.05, 3.63) is 41.2 Å². The minimum atomic E-state index is 0.473. The Labute approximate surface area is 132 Å². The first kappa shape index (κ1) is 14.4. The molecule has 1 aliphatic heterocycles. The van der Waals surface area contributed by atoms with Gasteiger partial charge in [0, 0.05) is 17.6 Å². The van der Waals surface area contributed by atoms with E-state index in [0.29, 0.717) is 24.9 Å². The Morgan fingerprint density at radius 1 is 1.29 bits per heavy atom. The van der Waals surface area contributed by atoms with E-state index in [2.05, 4.69) is 10.3 Å². The van der Waals surface area contributed by atoms with Crippen molar-refractivity contribution in [3.63, 3.8) is 0 Å². The van der Waals surface area contributed by atoms with Gasteiger partial charge in [0.05, 0.1) is 5.69 Å². The van der Waals surface area contributed by atoms with Gasteiger partial charge in [-0.1, -0.05) is 11.6 Å². The molecule has 0 aliphatic carbocycles. The quantitative estimate of drug-likeness (QED) is 0.684. The van der Waals surface area contributed by atoms with Gasteiger partial charge in [0.15, 0.2) is 16.7 Å². The maximum atomic E-state index is 6.06. The van der Waals surface area contributed by atoms with Gasteiger partial charge in [-0.15, -0.1) is 11.8 Å². The van der Waals surface area contributed by atoms with Gasteiger partial charge in [0.2, 0.25) is 0 Å². The highest BCUT2D eigenvalue weighted by Gasteiger charge is 2.15. The summed E-state index contributed by atoms with van der Waals surface area (Å²) in [6.45, 7) is 1.84. The van der Waals surface area contributed by atoms with Crippen LogP contribution in [0.5, 0.6) is 11.5 Å². The molecule has 0 radical (unpaired) electrons. The molecule has 3 rings (SSSR count). The SMILES string of the molecule is CSc1cc2c(cc1CNc1cccnc1Cl)OCCO2. The number of aromatic nitrogens is 1. The number of benzene rings is 1. The first-order chi connectivity index (χ1) is 10.3. The summed E-state index contributed by atoms with van der Waals surface area (Å²) in [5.74, 6) is 1.61. The molecule has 6 heteroatoms. The third kappa shape index (κ3) is 3.19. The fourth-order valence-electron chi connectivity index (χ4n) is 2.15. The smallest absolute Gasteiger partial charge is 0.162 e. The molecular weight excluding hydrogens is 308 g/mol. The first-order valence-corrected chi connectivity index (χ1v) is 8.19. The molecule has 0 unspecified atom stereocenters. The number of thioether (sulfide) groups is 1. The Kier molecular flexibility index (Phi) is 4.41. The third-order valence-electron chi connectivity index (χ3n) is 3.17. The lowest BCUT2D eigenvalue weighted by molar-refractivity contribution is 0.171. The van der Waals surface area contributed by atoms with Crippen LogP contribution in [0, 0.1) is 0 Å². The van der Waals surface area contributed by atoms with Gasteiger partial charge in [-0.25, -0.2) is 4.98 Å². The van der Waals surface area contributed by atoms with Crippen molar-refractivity contribution in [3.8, 4) is 11.5 Å². The number of ether oxygens (including phenoxy) is 2. The third-order valence-corrected chi connectivity index (χ3v) is 4.29. The first-order valence-electron chi connectivity index (χ1n) is 6.59. The Balaban J connectivity index is 1.83. The van der Waals surface area contributed by atoms with Gasteiger partial charge < -0.3 is 14.8 Å². The van der Waals surface area contributed by atoms with E-state index in [9.17, 15) is 0 Å². The van der Waals surface area contributed by atoms with Crippen molar-refractivity contribution >= 4 is 29.1 Å². The summed E-state index contributed by atoms with van der Waals surface area (Å²) in [5, 5.41) is 3.78. The molecule has 0 spiro atoms. The molecule has 0 atom stereocenters. The predicted octanol–water partition coefficient (Wildman–Crippen LogP) is 3.84. The average Bonchev–Trinajstić information content (AvgIpc) is 2.53. The number of hydrogen-bond donors (Lipinski definition) is 1. The summed E-state index contributed by atoms with van der Waals surface area (Å²) in [7, 11) is 0. The van der Waals surface area contributed by atoms with E-state index in [1.54, 1.807) is 18.0 Å². The van der Waals surface area contributed by atoms with Crippen LogP contribution in [0.2, 0.25) is 5.15 Å². The number of nitrogens with zero attached hydrogens (tertiary/aromatic N) is 1. The number of rotatable bonds is 4. The van der Waals surface area contributed by atoms with Crippen molar-refractivity contribution in [2.75, 3.05) is 24.8 Å². The highest BCUT2D eigenvalue weighted by Crippen LogP contribution is 2.37. The highest BCUT2D eigenvalue weighted by atomic mass is 35.5. The zero-order chi connectivity index (χ0) is 14.7. The largest absolute Gasteiger partial charge is 0.486 e. The van der Waals surface area contributed by atoms with Crippen molar-refractivity contribution in [2.45, 2.75) is 11.4 Å². The number of anilines is 1. The van der Waals surface area contributed by atoms with Crippen LogP contribution in [-0.2, 0) is 6.54 Å². The zero-order valence-corrected chi connectivity index (χ0v) is 13.1. The normalized spacial score (nSPS) is 13.0. The van der Waals surface area contributed by atoms with Gasteiger partial charge in [0.1, 0.15) is 13.2 Å². The fourth-order valence-corrected chi connectivity index (χ4v) is 2.95. The zero-order valence-electron chi connectivity index (χ0n) is 11.6. The molecule has 1 aliphatic rings. The summed E-state index contributed by atoms with van der Waals surface area (Å²) in [4.78, 5) is 5.22.